The normalized spacial score (nSPS) is 11.1. The van der Waals surface area contributed by atoms with E-state index in [1.165, 1.54) is 18.2 Å². The summed E-state index contributed by atoms with van der Waals surface area (Å²) >= 11 is 0. The zero-order valence-electron chi connectivity index (χ0n) is 10.6. The predicted octanol–water partition coefficient (Wildman–Crippen LogP) is -0.544. The number of nitro groups is 1. The Morgan fingerprint density at radius 1 is 1.40 bits per heavy atom. The summed E-state index contributed by atoms with van der Waals surface area (Å²) in [5.41, 5.74) is 4.93. The Bertz CT molecular complexity index is 629. The number of nitrogens with two attached hydrogens (primary N) is 1. The number of nitrogen functional groups attached to an aromatic ring is 1. The Kier molecular flexibility index (Phi) is 5.00. The SMILES string of the molecule is CS(=O)(=O)NCCNC(=O)c1cccc([N+](=O)[O-])c1N. The van der Waals surface area contributed by atoms with E-state index in [1.807, 2.05) is 0 Å². The molecule has 0 saturated carbocycles. The fourth-order valence-corrected chi connectivity index (χ4v) is 1.89. The molecule has 9 nitrogen and oxygen atoms in total. The third-order valence-electron chi connectivity index (χ3n) is 2.30. The van der Waals surface area contributed by atoms with E-state index >= 15 is 0 Å². The van der Waals surface area contributed by atoms with Gasteiger partial charge in [0.2, 0.25) is 10.0 Å². The largest absolute Gasteiger partial charge is 0.393 e. The molecule has 0 heterocycles. The number of anilines is 1. The molecule has 1 aromatic rings. The van der Waals surface area contributed by atoms with E-state index < -0.39 is 20.9 Å². The predicted molar refractivity (Wildman–Crippen MR) is 72.7 cm³/mol. The first-order chi connectivity index (χ1) is 9.22. The van der Waals surface area contributed by atoms with Gasteiger partial charge in [-0.3, -0.25) is 14.9 Å². The van der Waals surface area contributed by atoms with Crippen LogP contribution in [0.1, 0.15) is 10.4 Å². The van der Waals surface area contributed by atoms with Crippen LogP contribution in [0.3, 0.4) is 0 Å². The molecule has 110 valence electrons. The van der Waals surface area contributed by atoms with Crippen LogP contribution in [-0.2, 0) is 10.0 Å². The monoisotopic (exact) mass is 302 g/mol. The van der Waals surface area contributed by atoms with Gasteiger partial charge in [-0.1, -0.05) is 6.07 Å². The highest BCUT2D eigenvalue weighted by molar-refractivity contribution is 7.88. The maximum atomic E-state index is 11.8. The number of nitrogens with one attached hydrogen (secondary N) is 2. The number of hydrogen-bond donors (Lipinski definition) is 3. The van der Waals surface area contributed by atoms with Gasteiger partial charge in [-0.05, 0) is 6.07 Å². The summed E-state index contributed by atoms with van der Waals surface area (Å²) in [6, 6.07) is 3.89. The van der Waals surface area contributed by atoms with E-state index in [1.54, 1.807) is 0 Å². The summed E-state index contributed by atoms with van der Waals surface area (Å²) in [5.74, 6) is -0.610. The Hall–Kier alpha value is -2.20. The van der Waals surface area contributed by atoms with Gasteiger partial charge < -0.3 is 11.1 Å². The van der Waals surface area contributed by atoms with Gasteiger partial charge in [-0.2, -0.15) is 0 Å². The lowest BCUT2D eigenvalue weighted by Crippen LogP contribution is -2.34. The zero-order valence-corrected chi connectivity index (χ0v) is 11.4. The second-order valence-electron chi connectivity index (χ2n) is 3.92. The molecule has 0 aromatic heterocycles. The fraction of sp³-hybridized carbons (Fsp3) is 0.300. The van der Waals surface area contributed by atoms with Crippen molar-refractivity contribution in [2.45, 2.75) is 0 Å². The molecule has 1 rings (SSSR count). The minimum absolute atomic E-state index is 0.0133. The van der Waals surface area contributed by atoms with Gasteiger partial charge in [0, 0.05) is 19.2 Å². The molecular weight excluding hydrogens is 288 g/mol. The zero-order chi connectivity index (χ0) is 15.3. The highest BCUT2D eigenvalue weighted by Crippen LogP contribution is 2.24. The van der Waals surface area contributed by atoms with Crippen molar-refractivity contribution in [2.75, 3.05) is 25.1 Å². The summed E-state index contributed by atoms with van der Waals surface area (Å²) in [4.78, 5) is 21.8. The molecule has 1 aromatic carbocycles. The Balaban J connectivity index is 2.69. The van der Waals surface area contributed by atoms with Gasteiger partial charge >= 0.3 is 0 Å². The van der Waals surface area contributed by atoms with Crippen molar-refractivity contribution in [1.82, 2.24) is 10.0 Å². The molecule has 0 spiro atoms. The van der Waals surface area contributed by atoms with Gasteiger partial charge in [-0.15, -0.1) is 0 Å². The third-order valence-corrected chi connectivity index (χ3v) is 3.03. The molecule has 0 aliphatic carbocycles. The van der Waals surface area contributed by atoms with Gasteiger partial charge in [0.1, 0.15) is 5.69 Å². The first kappa shape index (κ1) is 15.9. The van der Waals surface area contributed by atoms with Crippen molar-refractivity contribution in [3.8, 4) is 0 Å². The maximum absolute atomic E-state index is 11.8. The molecule has 20 heavy (non-hydrogen) atoms. The molecule has 4 N–H and O–H groups in total. The second-order valence-corrected chi connectivity index (χ2v) is 5.75. The summed E-state index contributed by atoms with van der Waals surface area (Å²) < 4.78 is 23.8. The molecule has 0 saturated heterocycles. The van der Waals surface area contributed by atoms with Gasteiger partial charge in [0.25, 0.3) is 11.6 Å². The van der Waals surface area contributed by atoms with Crippen LogP contribution >= 0.6 is 0 Å². The smallest absolute Gasteiger partial charge is 0.292 e. The summed E-state index contributed by atoms with van der Waals surface area (Å²) in [5, 5.41) is 13.1. The van der Waals surface area contributed by atoms with Crippen molar-refractivity contribution < 1.29 is 18.1 Å². The molecule has 0 unspecified atom stereocenters. The standard InChI is InChI=1S/C10H14N4O5S/c1-20(18,19)13-6-5-12-10(15)7-3-2-4-8(9(7)11)14(16)17/h2-4,13H,5-6,11H2,1H3,(H,12,15). The topological polar surface area (TPSA) is 144 Å². The molecule has 0 bridgehead atoms. The van der Waals surface area contributed by atoms with E-state index in [0.717, 1.165) is 6.26 Å². The summed E-state index contributed by atoms with van der Waals surface area (Å²) in [6.07, 6.45) is 0.993. The average Bonchev–Trinajstić information content (AvgIpc) is 2.33. The number of sulfonamides is 1. The highest BCUT2D eigenvalue weighted by Gasteiger charge is 2.18. The Morgan fingerprint density at radius 2 is 2.05 bits per heavy atom. The minimum atomic E-state index is -3.33. The third kappa shape index (κ3) is 4.48. The van der Waals surface area contributed by atoms with Crippen LogP contribution in [0.2, 0.25) is 0 Å². The van der Waals surface area contributed by atoms with Crippen LogP contribution in [0.15, 0.2) is 18.2 Å². The lowest BCUT2D eigenvalue weighted by molar-refractivity contribution is -0.383. The maximum Gasteiger partial charge on any atom is 0.292 e. The Morgan fingerprint density at radius 3 is 2.60 bits per heavy atom. The first-order valence-electron chi connectivity index (χ1n) is 5.48. The van der Waals surface area contributed by atoms with Crippen LogP contribution in [0, 0.1) is 10.1 Å². The van der Waals surface area contributed by atoms with E-state index in [2.05, 4.69) is 10.0 Å². The number of rotatable bonds is 6. The highest BCUT2D eigenvalue weighted by atomic mass is 32.2. The number of amides is 1. The number of hydrogen-bond acceptors (Lipinski definition) is 6. The van der Waals surface area contributed by atoms with Gasteiger partial charge in [0.15, 0.2) is 0 Å². The van der Waals surface area contributed by atoms with Crippen LogP contribution < -0.4 is 15.8 Å². The van der Waals surface area contributed by atoms with Crippen molar-refractivity contribution in [2.24, 2.45) is 0 Å². The quantitative estimate of drug-likeness (QED) is 0.278. The van der Waals surface area contributed by atoms with E-state index in [0.29, 0.717) is 0 Å². The molecular formula is C10H14N4O5S. The lowest BCUT2D eigenvalue weighted by Gasteiger charge is -2.07. The molecule has 0 atom stereocenters. The number of nitro benzene ring substituents is 1. The second kappa shape index (κ2) is 6.30. The number of para-hydroxylation sites is 1. The first-order valence-corrected chi connectivity index (χ1v) is 7.37. The molecule has 0 aliphatic rings. The molecule has 0 fully saturated rings. The number of benzene rings is 1. The van der Waals surface area contributed by atoms with Gasteiger partial charge in [0.05, 0.1) is 16.7 Å². The van der Waals surface area contributed by atoms with E-state index in [4.69, 9.17) is 5.73 Å². The molecule has 0 radical (unpaired) electrons. The minimum Gasteiger partial charge on any atom is -0.393 e. The summed E-state index contributed by atoms with van der Waals surface area (Å²) in [6.45, 7) is 0.0490. The van der Waals surface area contributed by atoms with Crippen LogP contribution in [0.5, 0.6) is 0 Å². The van der Waals surface area contributed by atoms with Crippen LogP contribution in [0.4, 0.5) is 11.4 Å². The van der Waals surface area contributed by atoms with Crippen LogP contribution in [-0.4, -0.2) is 38.6 Å². The van der Waals surface area contributed by atoms with Crippen molar-refractivity contribution in [3.05, 3.63) is 33.9 Å². The van der Waals surface area contributed by atoms with Crippen molar-refractivity contribution in [1.29, 1.82) is 0 Å². The molecule has 0 aliphatic heterocycles. The Labute approximate surface area is 115 Å². The molecule has 10 heteroatoms. The van der Waals surface area contributed by atoms with Crippen molar-refractivity contribution in [3.63, 3.8) is 0 Å². The number of carbonyl (C=O) groups excluding carboxylic acids is 1. The van der Waals surface area contributed by atoms with Crippen molar-refractivity contribution >= 4 is 27.3 Å². The van der Waals surface area contributed by atoms with Gasteiger partial charge in [-0.25, -0.2) is 13.1 Å². The number of nitrogens with zero attached hydrogens (tertiary/aromatic N) is 1. The summed E-state index contributed by atoms with van der Waals surface area (Å²) in [7, 11) is -3.33. The molecule has 1 amide bonds. The van der Waals surface area contributed by atoms with Crippen LogP contribution in [0.25, 0.3) is 0 Å². The fourth-order valence-electron chi connectivity index (χ4n) is 1.42. The number of carbonyl (C=O) groups is 1. The average molecular weight is 302 g/mol. The van der Waals surface area contributed by atoms with E-state index in [9.17, 15) is 23.3 Å². The van der Waals surface area contributed by atoms with E-state index in [-0.39, 0.29) is 30.0 Å². The lowest BCUT2D eigenvalue weighted by atomic mass is 10.1.